The van der Waals surface area contributed by atoms with Crippen molar-refractivity contribution in [2.75, 3.05) is 7.11 Å². The third kappa shape index (κ3) is 1.87. The Morgan fingerprint density at radius 1 is 1.65 bits per heavy atom. The minimum Gasteiger partial charge on any atom is -0.478 e. The predicted octanol–water partition coefficient (Wildman–Crippen LogP) is 1.88. The number of carboxylic acid groups (broad SMARTS) is 1. The highest BCUT2D eigenvalue weighted by Crippen LogP contribution is 2.26. The molecule has 0 aromatic carbocycles. The van der Waals surface area contributed by atoms with E-state index in [0.29, 0.717) is 11.1 Å². The van der Waals surface area contributed by atoms with Crippen LogP contribution < -0.4 is 0 Å². The molecule has 90 valence electrons. The minimum atomic E-state index is -1.11. The number of ether oxygens (including phenoxy) is 1. The lowest BCUT2D eigenvalue weighted by molar-refractivity contribution is 0.0683. The monoisotopic (exact) mass is 238 g/mol. The quantitative estimate of drug-likeness (QED) is 0.886. The molecule has 0 aliphatic rings. The summed E-state index contributed by atoms with van der Waals surface area (Å²) in [6.07, 6.45) is 1.92. The minimum absolute atomic E-state index is 0.0185. The Morgan fingerprint density at radius 2 is 2.35 bits per heavy atom. The van der Waals surface area contributed by atoms with Gasteiger partial charge in [0.25, 0.3) is 0 Å². The molecule has 0 saturated carbocycles. The van der Waals surface area contributed by atoms with Gasteiger partial charge in [-0.3, -0.25) is 0 Å². The van der Waals surface area contributed by atoms with Gasteiger partial charge in [0.05, 0.1) is 29.6 Å². The van der Waals surface area contributed by atoms with E-state index in [4.69, 9.17) is 9.84 Å². The highest BCUT2D eigenvalue weighted by Gasteiger charge is 2.20. The van der Waals surface area contributed by atoms with Gasteiger partial charge in [0, 0.05) is 18.7 Å². The Labute approximate surface area is 96.4 Å². The Morgan fingerprint density at radius 3 is 2.94 bits per heavy atom. The molecule has 2 heterocycles. The number of carboxylic acids is 1. The molecule has 1 atom stereocenters. The number of rotatable bonds is 3. The van der Waals surface area contributed by atoms with Crippen LogP contribution in [0.3, 0.4) is 0 Å². The van der Waals surface area contributed by atoms with Crippen LogP contribution in [0.1, 0.15) is 28.9 Å². The molecule has 0 spiro atoms. The fourth-order valence-corrected chi connectivity index (χ4v) is 1.76. The number of fused-ring (bicyclic) bond motifs is 1. The smallest absolute Gasteiger partial charge is 0.337 e. The van der Waals surface area contributed by atoms with Crippen molar-refractivity contribution in [3.63, 3.8) is 0 Å². The van der Waals surface area contributed by atoms with Crippen molar-refractivity contribution in [1.82, 2.24) is 9.61 Å². The Bertz CT molecular complexity index is 579. The van der Waals surface area contributed by atoms with Crippen LogP contribution >= 0.6 is 0 Å². The molecule has 1 N–H and O–H groups in total. The third-order valence-electron chi connectivity index (χ3n) is 2.63. The van der Waals surface area contributed by atoms with Gasteiger partial charge in [0.1, 0.15) is 5.82 Å². The topological polar surface area (TPSA) is 63.8 Å². The SMILES string of the molecule is COC(C)c1c(C(=O)O)cnn2cc(F)cc12. The van der Waals surface area contributed by atoms with Crippen molar-refractivity contribution < 1.29 is 19.0 Å². The summed E-state index contributed by atoms with van der Waals surface area (Å²) >= 11 is 0. The summed E-state index contributed by atoms with van der Waals surface area (Å²) in [5.41, 5.74) is 0.834. The van der Waals surface area contributed by atoms with Crippen LogP contribution in [0, 0.1) is 5.82 Å². The molecule has 2 rings (SSSR count). The van der Waals surface area contributed by atoms with Gasteiger partial charge in [0.15, 0.2) is 0 Å². The number of methoxy groups -OCH3 is 1. The zero-order valence-corrected chi connectivity index (χ0v) is 9.35. The molecule has 2 aromatic heterocycles. The van der Waals surface area contributed by atoms with Crippen LogP contribution in [0.15, 0.2) is 18.5 Å². The Balaban J connectivity index is 2.78. The largest absolute Gasteiger partial charge is 0.478 e. The fourth-order valence-electron chi connectivity index (χ4n) is 1.76. The van der Waals surface area contributed by atoms with Gasteiger partial charge in [-0.05, 0) is 6.92 Å². The van der Waals surface area contributed by atoms with Gasteiger partial charge >= 0.3 is 5.97 Å². The molecule has 0 aliphatic carbocycles. The molecule has 6 heteroatoms. The van der Waals surface area contributed by atoms with E-state index in [9.17, 15) is 9.18 Å². The zero-order chi connectivity index (χ0) is 12.6. The van der Waals surface area contributed by atoms with Crippen LogP contribution in [0.25, 0.3) is 5.52 Å². The van der Waals surface area contributed by atoms with Crippen molar-refractivity contribution >= 4 is 11.5 Å². The highest BCUT2D eigenvalue weighted by atomic mass is 19.1. The summed E-state index contributed by atoms with van der Waals surface area (Å²) in [6.45, 7) is 1.70. The van der Waals surface area contributed by atoms with Crippen LogP contribution in [0.4, 0.5) is 4.39 Å². The van der Waals surface area contributed by atoms with Crippen LogP contribution in [0.2, 0.25) is 0 Å². The third-order valence-corrected chi connectivity index (χ3v) is 2.63. The molecule has 0 radical (unpaired) electrons. The van der Waals surface area contributed by atoms with E-state index < -0.39 is 17.9 Å². The summed E-state index contributed by atoms with van der Waals surface area (Å²) < 4.78 is 19.6. The number of carbonyl (C=O) groups is 1. The first kappa shape index (κ1) is 11.5. The lowest BCUT2D eigenvalue weighted by atomic mass is 10.1. The summed E-state index contributed by atoms with van der Waals surface area (Å²) in [5, 5.41) is 12.9. The van der Waals surface area contributed by atoms with Crippen molar-refractivity contribution in [1.29, 1.82) is 0 Å². The number of hydrogen-bond donors (Lipinski definition) is 1. The van der Waals surface area contributed by atoms with E-state index >= 15 is 0 Å². The molecule has 0 bridgehead atoms. The van der Waals surface area contributed by atoms with Crippen LogP contribution in [-0.2, 0) is 4.74 Å². The lowest BCUT2D eigenvalue weighted by Gasteiger charge is -2.14. The van der Waals surface area contributed by atoms with Crippen molar-refractivity contribution in [3.05, 3.63) is 35.4 Å². The predicted molar refractivity (Wildman–Crippen MR) is 57.5 cm³/mol. The first-order chi connectivity index (χ1) is 8.04. The Hall–Kier alpha value is -1.95. The summed E-state index contributed by atoms with van der Waals surface area (Å²) in [5.74, 6) is -1.58. The second kappa shape index (κ2) is 4.14. The van der Waals surface area contributed by atoms with E-state index in [1.807, 2.05) is 0 Å². The molecular formula is C11H11FN2O3. The maximum atomic E-state index is 13.2. The lowest BCUT2D eigenvalue weighted by Crippen LogP contribution is -2.10. The summed E-state index contributed by atoms with van der Waals surface area (Å²) in [7, 11) is 1.46. The van der Waals surface area contributed by atoms with Gasteiger partial charge in [-0.2, -0.15) is 5.10 Å². The van der Waals surface area contributed by atoms with Gasteiger partial charge in [-0.25, -0.2) is 13.7 Å². The van der Waals surface area contributed by atoms with Crippen molar-refractivity contribution in [2.24, 2.45) is 0 Å². The average Bonchev–Trinajstić information content (AvgIpc) is 2.66. The second-order valence-electron chi connectivity index (χ2n) is 3.64. The zero-order valence-electron chi connectivity index (χ0n) is 9.35. The molecule has 1 unspecified atom stereocenters. The highest BCUT2D eigenvalue weighted by molar-refractivity contribution is 5.91. The van der Waals surface area contributed by atoms with Gasteiger partial charge in [0.2, 0.25) is 0 Å². The molecule has 17 heavy (non-hydrogen) atoms. The normalized spacial score (nSPS) is 12.9. The van der Waals surface area contributed by atoms with E-state index in [1.54, 1.807) is 6.92 Å². The average molecular weight is 238 g/mol. The first-order valence-corrected chi connectivity index (χ1v) is 4.97. The van der Waals surface area contributed by atoms with E-state index in [2.05, 4.69) is 5.10 Å². The standard InChI is InChI=1S/C11H11FN2O3/c1-6(17-2)10-8(11(15)16)4-13-14-5-7(12)3-9(10)14/h3-6H,1-2H3,(H,15,16). The summed E-state index contributed by atoms with van der Waals surface area (Å²) in [6, 6.07) is 1.24. The van der Waals surface area contributed by atoms with Gasteiger partial charge < -0.3 is 9.84 Å². The molecule has 0 fully saturated rings. The second-order valence-corrected chi connectivity index (χ2v) is 3.64. The van der Waals surface area contributed by atoms with Crippen LogP contribution in [-0.4, -0.2) is 27.8 Å². The molecule has 0 aliphatic heterocycles. The number of hydrogen-bond acceptors (Lipinski definition) is 3. The number of nitrogens with zero attached hydrogens (tertiary/aromatic N) is 2. The maximum Gasteiger partial charge on any atom is 0.337 e. The summed E-state index contributed by atoms with van der Waals surface area (Å²) in [4.78, 5) is 11.1. The van der Waals surface area contributed by atoms with E-state index in [1.165, 1.54) is 30.1 Å². The van der Waals surface area contributed by atoms with E-state index in [0.717, 1.165) is 0 Å². The molecule has 0 amide bonds. The molecule has 2 aromatic rings. The van der Waals surface area contributed by atoms with Crippen molar-refractivity contribution in [2.45, 2.75) is 13.0 Å². The number of aromatic carboxylic acids is 1. The maximum absolute atomic E-state index is 13.2. The first-order valence-electron chi connectivity index (χ1n) is 4.97. The van der Waals surface area contributed by atoms with Crippen molar-refractivity contribution in [3.8, 4) is 0 Å². The molecule has 5 nitrogen and oxygen atoms in total. The van der Waals surface area contributed by atoms with Crippen LogP contribution in [0.5, 0.6) is 0 Å². The Kier molecular flexibility index (Phi) is 2.81. The fraction of sp³-hybridized carbons (Fsp3) is 0.273. The molecule has 0 saturated heterocycles. The van der Waals surface area contributed by atoms with Gasteiger partial charge in [-0.1, -0.05) is 0 Å². The number of aromatic nitrogens is 2. The van der Waals surface area contributed by atoms with E-state index in [-0.39, 0.29) is 5.56 Å². The molecular weight excluding hydrogens is 227 g/mol. The van der Waals surface area contributed by atoms with Gasteiger partial charge in [-0.15, -0.1) is 0 Å². The number of halogens is 1.